The van der Waals surface area contributed by atoms with Crippen LogP contribution in [0, 0.1) is 6.92 Å². The Kier molecular flexibility index (Phi) is 1.76. The van der Waals surface area contributed by atoms with Crippen LogP contribution < -0.4 is 11.6 Å². The van der Waals surface area contributed by atoms with Crippen LogP contribution in [-0.4, -0.2) is 9.66 Å². The fraction of sp³-hybridized carbons (Fsp3) is 0.571. The lowest BCUT2D eigenvalue weighted by molar-refractivity contribution is 0.831. The largest absolute Gasteiger partial charge is 0.382 e. The quantitative estimate of drug-likeness (QED) is 0.582. The molecule has 1 heterocycles. The van der Waals surface area contributed by atoms with Crippen LogP contribution in [0.2, 0.25) is 0 Å². The molecule has 0 fully saturated rings. The molecule has 1 aromatic rings. The third kappa shape index (κ3) is 1.15. The van der Waals surface area contributed by atoms with Crippen LogP contribution >= 0.6 is 0 Å². The maximum Gasteiger partial charge on any atom is 0.146 e. The van der Waals surface area contributed by atoms with Gasteiger partial charge in [0.2, 0.25) is 0 Å². The van der Waals surface area contributed by atoms with Crippen LogP contribution in [-0.2, 0) is 0 Å². The predicted molar refractivity (Wildman–Crippen MR) is 45.6 cm³/mol. The van der Waals surface area contributed by atoms with Crippen molar-refractivity contribution in [3.05, 3.63) is 11.5 Å². The Bertz CT molecular complexity index is 262. The van der Waals surface area contributed by atoms with E-state index >= 15 is 0 Å². The zero-order valence-electron chi connectivity index (χ0n) is 7.13. The Morgan fingerprint density at radius 3 is 2.18 bits per heavy atom. The van der Waals surface area contributed by atoms with Crippen LogP contribution in [0.1, 0.15) is 31.3 Å². The molecule has 0 bridgehead atoms. The molecule has 0 unspecified atom stereocenters. The summed E-state index contributed by atoms with van der Waals surface area (Å²) in [5, 5.41) is 0. The number of nitrogens with zero attached hydrogens (tertiary/aromatic N) is 2. The average Bonchev–Trinajstić information content (AvgIpc) is 2.17. The second-order valence-electron chi connectivity index (χ2n) is 2.95. The van der Waals surface area contributed by atoms with Gasteiger partial charge in [0.1, 0.15) is 11.6 Å². The normalized spacial score (nSPS) is 10.9. The zero-order chi connectivity index (χ0) is 8.59. The molecule has 0 saturated heterocycles. The minimum Gasteiger partial charge on any atom is -0.382 e. The van der Waals surface area contributed by atoms with E-state index in [4.69, 9.17) is 11.6 Å². The smallest absolute Gasteiger partial charge is 0.146 e. The van der Waals surface area contributed by atoms with Crippen molar-refractivity contribution < 1.29 is 0 Å². The molecule has 0 aliphatic rings. The molecular formula is C7H14N4. The van der Waals surface area contributed by atoms with Crippen molar-refractivity contribution >= 4 is 5.82 Å². The SMILES string of the molecule is Cc1nc(C(C)C)c(N)n1N. The van der Waals surface area contributed by atoms with Gasteiger partial charge in [-0.15, -0.1) is 0 Å². The van der Waals surface area contributed by atoms with Gasteiger partial charge in [-0.05, 0) is 12.8 Å². The van der Waals surface area contributed by atoms with E-state index in [9.17, 15) is 0 Å². The van der Waals surface area contributed by atoms with Crippen LogP contribution in [0.25, 0.3) is 0 Å². The lowest BCUT2D eigenvalue weighted by atomic mass is 10.1. The molecule has 0 aliphatic heterocycles. The molecule has 0 spiro atoms. The molecule has 0 saturated carbocycles. The number of hydrogen-bond acceptors (Lipinski definition) is 3. The van der Waals surface area contributed by atoms with Gasteiger partial charge in [0.15, 0.2) is 0 Å². The van der Waals surface area contributed by atoms with Gasteiger partial charge in [-0.25, -0.2) is 9.66 Å². The summed E-state index contributed by atoms with van der Waals surface area (Å²) in [7, 11) is 0. The number of hydrogen-bond donors (Lipinski definition) is 2. The number of rotatable bonds is 1. The Balaban J connectivity index is 3.19. The van der Waals surface area contributed by atoms with Crippen molar-refractivity contribution in [2.45, 2.75) is 26.7 Å². The molecule has 4 nitrogen and oxygen atoms in total. The van der Waals surface area contributed by atoms with Gasteiger partial charge < -0.3 is 11.6 Å². The highest BCUT2D eigenvalue weighted by atomic mass is 15.4. The zero-order valence-corrected chi connectivity index (χ0v) is 7.13. The van der Waals surface area contributed by atoms with Crippen molar-refractivity contribution in [2.24, 2.45) is 0 Å². The van der Waals surface area contributed by atoms with E-state index in [2.05, 4.69) is 4.98 Å². The van der Waals surface area contributed by atoms with Gasteiger partial charge in [-0.1, -0.05) is 13.8 Å². The van der Waals surface area contributed by atoms with Gasteiger partial charge in [-0.2, -0.15) is 0 Å². The highest BCUT2D eigenvalue weighted by Crippen LogP contribution is 2.19. The molecule has 0 atom stereocenters. The molecule has 1 rings (SSSR count). The summed E-state index contributed by atoms with van der Waals surface area (Å²) in [5.41, 5.74) is 6.56. The lowest BCUT2D eigenvalue weighted by Gasteiger charge is -2.01. The summed E-state index contributed by atoms with van der Waals surface area (Å²) >= 11 is 0. The van der Waals surface area contributed by atoms with Crippen LogP contribution in [0.3, 0.4) is 0 Å². The molecule has 0 aliphatic carbocycles. The van der Waals surface area contributed by atoms with Gasteiger partial charge in [-0.3, -0.25) is 0 Å². The van der Waals surface area contributed by atoms with E-state index in [1.165, 1.54) is 4.68 Å². The van der Waals surface area contributed by atoms with E-state index in [0.29, 0.717) is 11.7 Å². The minimum absolute atomic E-state index is 0.332. The molecular weight excluding hydrogens is 140 g/mol. The highest BCUT2D eigenvalue weighted by molar-refractivity contribution is 5.39. The van der Waals surface area contributed by atoms with Crippen molar-refractivity contribution in [2.75, 3.05) is 11.6 Å². The third-order valence-corrected chi connectivity index (χ3v) is 1.70. The molecule has 0 aromatic carbocycles. The van der Waals surface area contributed by atoms with Crippen molar-refractivity contribution in [1.29, 1.82) is 0 Å². The molecule has 11 heavy (non-hydrogen) atoms. The van der Waals surface area contributed by atoms with Gasteiger partial charge in [0, 0.05) is 0 Å². The lowest BCUT2D eigenvalue weighted by Crippen LogP contribution is -2.13. The Labute approximate surface area is 66.2 Å². The van der Waals surface area contributed by atoms with Gasteiger partial charge >= 0.3 is 0 Å². The Morgan fingerprint density at radius 2 is 2.00 bits per heavy atom. The molecule has 4 N–H and O–H groups in total. The number of nitrogen functional groups attached to an aromatic ring is 2. The Hall–Kier alpha value is -1.19. The number of aromatic nitrogens is 2. The summed E-state index contributed by atoms with van der Waals surface area (Å²) < 4.78 is 1.41. The number of aryl methyl sites for hydroxylation is 1. The van der Waals surface area contributed by atoms with Crippen LogP contribution in [0.4, 0.5) is 5.82 Å². The first-order chi connectivity index (χ1) is 5.04. The van der Waals surface area contributed by atoms with E-state index < -0.39 is 0 Å². The predicted octanol–water partition coefficient (Wildman–Crippen LogP) is 0.611. The van der Waals surface area contributed by atoms with E-state index in [0.717, 1.165) is 11.5 Å². The topological polar surface area (TPSA) is 69.9 Å². The molecule has 0 radical (unpaired) electrons. The first kappa shape index (κ1) is 7.91. The summed E-state index contributed by atoms with van der Waals surface area (Å²) in [6.45, 7) is 5.92. The fourth-order valence-electron chi connectivity index (χ4n) is 1.01. The Morgan fingerprint density at radius 1 is 1.45 bits per heavy atom. The van der Waals surface area contributed by atoms with Gasteiger partial charge in [0.05, 0.1) is 5.69 Å². The van der Waals surface area contributed by atoms with E-state index in [-0.39, 0.29) is 0 Å². The van der Waals surface area contributed by atoms with Crippen LogP contribution in [0.5, 0.6) is 0 Å². The second kappa shape index (κ2) is 2.45. The minimum atomic E-state index is 0.332. The van der Waals surface area contributed by atoms with Crippen LogP contribution in [0.15, 0.2) is 0 Å². The van der Waals surface area contributed by atoms with Crippen molar-refractivity contribution in [3.63, 3.8) is 0 Å². The molecule has 4 heteroatoms. The molecule has 0 amide bonds. The number of imidazole rings is 1. The first-order valence-corrected chi connectivity index (χ1v) is 3.63. The summed E-state index contributed by atoms with van der Waals surface area (Å²) in [6.07, 6.45) is 0. The summed E-state index contributed by atoms with van der Waals surface area (Å²) in [6, 6.07) is 0. The monoisotopic (exact) mass is 154 g/mol. The number of anilines is 1. The summed E-state index contributed by atoms with van der Waals surface area (Å²) in [5.74, 6) is 7.22. The van der Waals surface area contributed by atoms with E-state index in [1.54, 1.807) is 0 Å². The van der Waals surface area contributed by atoms with Gasteiger partial charge in [0.25, 0.3) is 0 Å². The molecule has 62 valence electrons. The highest BCUT2D eigenvalue weighted by Gasteiger charge is 2.11. The van der Waals surface area contributed by atoms with Crippen molar-refractivity contribution in [1.82, 2.24) is 9.66 Å². The second-order valence-corrected chi connectivity index (χ2v) is 2.95. The van der Waals surface area contributed by atoms with E-state index in [1.807, 2.05) is 20.8 Å². The third-order valence-electron chi connectivity index (χ3n) is 1.70. The maximum absolute atomic E-state index is 5.68. The van der Waals surface area contributed by atoms with Crippen molar-refractivity contribution in [3.8, 4) is 0 Å². The maximum atomic E-state index is 5.68. The summed E-state index contributed by atoms with van der Waals surface area (Å²) in [4.78, 5) is 4.22. The standard InChI is InChI=1S/C7H14N4/c1-4(2)6-7(8)11(9)5(3)10-6/h4H,8-9H2,1-3H3. The average molecular weight is 154 g/mol. The fourth-order valence-corrected chi connectivity index (χ4v) is 1.01. The number of nitrogens with two attached hydrogens (primary N) is 2. The molecule has 1 aromatic heterocycles. The first-order valence-electron chi connectivity index (χ1n) is 3.63.